The molecule has 4 heteroatoms. The highest BCUT2D eigenvalue weighted by Crippen LogP contribution is 2.20. The summed E-state index contributed by atoms with van der Waals surface area (Å²) in [4.78, 5) is 4.09. The molecule has 2 heterocycles. The molecule has 3 nitrogen and oxygen atoms in total. The van der Waals surface area contributed by atoms with Crippen LogP contribution in [0.1, 0.15) is 12.0 Å². The second-order valence-electron chi connectivity index (χ2n) is 3.86. The van der Waals surface area contributed by atoms with Gasteiger partial charge in [-0.1, -0.05) is 17.7 Å². The number of rotatable bonds is 5. The Kier molecular flexibility index (Phi) is 3.80. The zero-order chi connectivity index (χ0) is 11.4. The van der Waals surface area contributed by atoms with E-state index in [2.05, 4.69) is 16.9 Å². The van der Waals surface area contributed by atoms with Crippen molar-refractivity contribution in [1.82, 2.24) is 10.3 Å². The van der Waals surface area contributed by atoms with Crippen molar-refractivity contribution in [3.63, 3.8) is 0 Å². The van der Waals surface area contributed by atoms with Gasteiger partial charge in [0, 0.05) is 6.04 Å². The molecule has 1 aliphatic rings. The van der Waals surface area contributed by atoms with E-state index in [-0.39, 0.29) is 0 Å². The Morgan fingerprint density at radius 3 is 3.12 bits per heavy atom. The maximum atomic E-state index is 5.95. The van der Waals surface area contributed by atoms with Crippen LogP contribution < -0.4 is 10.1 Å². The number of hydrogen-bond donors (Lipinski definition) is 1. The summed E-state index contributed by atoms with van der Waals surface area (Å²) in [7, 11) is 0. The van der Waals surface area contributed by atoms with E-state index >= 15 is 0 Å². The first-order valence-corrected chi connectivity index (χ1v) is 5.79. The van der Waals surface area contributed by atoms with E-state index in [0.29, 0.717) is 24.2 Å². The lowest BCUT2D eigenvalue weighted by atomic mass is 10.1. The van der Waals surface area contributed by atoms with Crippen molar-refractivity contribution in [2.75, 3.05) is 13.2 Å². The normalized spacial score (nSPS) is 18.9. The van der Waals surface area contributed by atoms with E-state index in [1.54, 1.807) is 12.3 Å². The first-order chi connectivity index (χ1) is 7.79. The van der Waals surface area contributed by atoms with E-state index in [1.165, 1.54) is 6.42 Å². The maximum absolute atomic E-state index is 5.95. The van der Waals surface area contributed by atoms with Gasteiger partial charge in [0.2, 0.25) is 0 Å². The largest absolute Gasteiger partial charge is 0.490 e. The Bertz CT molecular complexity index is 377. The molecule has 0 radical (unpaired) electrons. The standard InChI is InChI=1S/C12H15ClN2O/c1-2-3-9-6-11(7-15-12(9)13)16-8-10-4-5-14-10/h2,6-7,10,14H,1,3-5,8H2. The lowest BCUT2D eigenvalue weighted by molar-refractivity contribution is 0.217. The predicted molar refractivity (Wildman–Crippen MR) is 65.1 cm³/mol. The fraction of sp³-hybridized carbons (Fsp3) is 0.417. The van der Waals surface area contributed by atoms with Crippen LogP contribution in [0.25, 0.3) is 0 Å². The third-order valence-corrected chi connectivity index (χ3v) is 2.97. The summed E-state index contributed by atoms with van der Waals surface area (Å²) in [5, 5.41) is 3.80. The molecule has 0 aromatic carbocycles. The van der Waals surface area contributed by atoms with E-state index in [0.717, 1.165) is 17.9 Å². The number of nitrogens with zero attached hydrogens (tertiary/aromatic N) is 1. The second kappa shape index (κ2) is 5.32. The highest BCUT2D eigenvalue weighted by atomic mass is 35.5. The van der Waals surface area contributed by atoms with Gasteiger partial charge in [-0.2, -0.15) is 0 Å². The molecule has 0 bridgehead atoms. The van der Waals surface area contributed by atoms with Crippen LogP contribution in [0.2, 0.25) is 5.15 Å². The van der Waals surface area contributed by atoms with Crippen LogP contribution in [0, 0.1) is 0 Å². The molecule has 1 atom stereocenters. The van der Waals surface area contributed by atoms with Gasteiger partial charge in [0.05, 0.1) is 6.20 Å². The first-order valence-electron chi connectivity index (χ1n) is 5.41. The summed E-state index contributed by atoms with van der Waals surface area (Å²) in [6, 6.07) is 2.41. The Hall–Kier alpha value is -1.06. The highest BCUT2D eigenvalue weighted by molar-refractivity contribution is 6.30. The molecule has 1 aromatic rings. The van der Waals surface area contributed by atoms with E-state index < -0.39 is 0 Å². The Morgan fingerprint density at radius 1 is 1.69 bits per heavy atom. The van der Waals surface area contributed by atoms with Crippen LogP contribution >= 0.6 is 11.6 Å². The molecular formula is C12H15ClN2O. The average Bonchev–Trinajstić information content (AvgIpc) is 2.21. The monoisotopic (exact) mass is 238 g/mol. The van der Waals surface area contributed by atoms with Gasteiger partial charge in [-0.05, 0) is 31.0 Å². The molecule has 1 fully saturated rings. The van der Waals surface area contributed by atoms with Crippen molar-refractivity contribution in [3.8, 4) is 5.75 Å². The molecule has 86 valence electrons. The minimum Gasteiger partial charge on any atom is -0.490 e. The minimum absolute atomic E-state index is 0.485. The summed E-state index contributed by atoms with van der Waals surface area (Å²) in [5.41, 5.74) is 0.954. The molecule has 2 rings (SSSR count). The van der Waals surface area contributed by atoms with Crippen LogP contribution in [0.4, 0.5) is 0 Å². The van der Waals surface area contributed by atoms with Crippen molar-refractivity contribution in [1.29, 1.82) is 0 Å². The third-order valence-electron chi connectivity index (χ3n) is 2.63. The number of pyridine rings is 1. The maximum Gasteiger partial charge on any atom is 0.138 e. The topological polar surface area (TPSA) is 34.1 Å². The van der Waals surface area contributed by atoms with Crippen LogP contribution in [0.5, 0.6) is 5.75 Å². The molecule has 16 heavy (non-hydrogen) atoms. The summed E-state index contributed by atoms with van der Waals surface area (Å²) in [5.74, 6) is 0.773. The van der Waals surface area contributed by atoms with E-state index in [1.807, 2.05) is 6.07 Å². The molecule has 1 aromatic heterocycles. The minimum atomic E-state index is 0.485. The van der Waals surface area contributed by atoms with E-state index in [4.69, 9.17) is 16.3 Å². The molecule has 1 unspecified atom stereocenters. The molecule has 0 amide bonds. The van der Waals surface area contributed by atoms with Gasteiger partial charge in [-0.3, -0.25) is 0 Å². The summed E-state index contributed by atoms with van der Waals surface area (Å²) < 4.78 is 5.63. The van der Waals surface area contributed by atoms with Crippen molar-refractivity contribution in [3.05, 3.63) is 35.6 Å². The average molecular weight is 239 g/mol. The number of halogens is 1. The zero-order valence-corrected chi connectivity index (χ0v) is 9.83. The fourth-order valence-electron chi connectivity index (χ4n) is 1.54. The highest BCUT2D eigenvalue weighted by Gasteiger charge is 2.16. The summed E-state index contributed by atoms with van der Waals surface area (Å²) in [6.45, 7) is 5.47. The number of nitrogens with one attached hydrogen (secondary N) is 1. The summed E-state index contributed by atoms with van der Waals surface area (Å²) in [6.07, 6.45) is 5.36. The van der Waals surface area contributed by atoms with Gasteiger partial charge in [-0.15, -0.1) is 6.58 Å². The van der Waals surface area contributed by atoms with Gasteiger partial charge in [-0.25, -0.2) is 4.98 Å². The SMILES string of the molecule is C=CCc1cc(OCC2CCN2)cnc1Cl. The smallest absolute Gasteiger partial charge is 0.138 e. The quantitative estimate of drug-likeness (QED) is 0.631. The van der Waals surface area contributed by atoms with Gasteiger partial charge in [0.1, 0.15) is 17.5 Å². The van der Waals surface area contributed by atoms with Crippen molar-refractivity contribution in [2.24, 2.45) is 0 Å². The molecule has 1 N–H and O–H groups in total. The lowest BCUT2D eigenvalue weighted by Crippen LogP contribution is -2.46. The third kappa shape index (κ3) is 2.74. The number of aromatic nitrogens is 1. The Balaban J connectivity index is 1.97. The van der Waals surface area contributed by atoms with Crippen molar-refractivity contribution in [2.45, 2.75) is 18.9 Å². The van der Waals surface area contributed by atoms with Gasteiger partial charge >= 0.3 is 0 Å². The molecular weight excluding hydrogens is 224 g/mol. The number of allylic oxidation sites excluding steroid dienone is 1. The van der Waals surface area contributed by atoms with Crippen molar-refractivity contribution < 1.29 is 4.74 Å². The lowest BCUT2D eigenvalue weighted by Gasteiger charge is -2.27. The van der Waals surface area contributed by atoms with Gasteiger partial charge < -0.3 is 10.1 Å². The van der Waals surface area contributed by atoms with Crippen LogP contribution in [-0.4, -0.2) is 24.2 Å². The fourth-order valence-corrected chi connectivity index (χ4v) is 1.72. The molecule has 0 spiro atoms. The Labute approximate surface area is 100 Å². The van der Waals surface area contributed by atoms with Crippen LogP contribution in [0.3, 0.4) is 0 Å². The molecule has 1 aliphatic heterocycles. The zero-order valence-electron chi connectivity index (χ0n) is 9.08. The van der Waals surface area contributed by atoms with Gasteiger partial charge in [0.25, 0.3) is 0 Å². The van der Waals surface area contributed by atoms with E-state index in [9.17, 15) is 0 Å². The van der Waals surface area contributed by atoms with Crippen molar-refractivity contribution >= 4 is 11.6 Å². The van der Waals surface area contributed by atoms with Gasteiger partial charge in [0.15, 0.2) is 0 Å². The number of hydrogen-bond acceptors (Lipinski definition) is 3. The van der Waals surface area contributed by atoms with Crippen LogP contribution in [0.15, 0.2) is 24.9 Å². The summed E-state index contributed by atoms with van der Waals surface area (Å²) >= 11 is 5.95. The van der Waals surface area contributed by atoms with Crippen LogP contribution in [-0.2, 0) is 6.42 Å². The molecule has 0 aliphatic carbocycles. The first kappa shape index (κ1) is 11.4. The second-order valence-corrected chi connectivity index (χ2v) is 4.22. The number of ether oxygens (including phenoxy) is 1. The predicted octanol–water partition coefficient (Wildman–Crippen LogP) is 2.20. The molecule has 0 saturated carbocycles. The molecule has 1 saturated heterocycles. The Morgan fingerprint density at radius 2 is 2.50 bits per heavy atom.